The van der Waals surface area contributed by atoms with Crippen LogP contribution in [0.5, 0.6) is 0 Å². The predicted octanol–water partition coefficient (Wildman–Crippen LogP) is 3.22. The van der Waals surface area contributed by atoms with E-state index in [9.17, 15) is 5.11 Å². The van der Waals surface area contributed by atoms with Crippen molar-refractivity contribution < 1.29 is 5.11 Å². The third-order valence-electron chi connectivity index (χ3n) is 1.33. The van der Waals surface area contributed by atoms with E-state index < -0.39 is 4.11 Å². The zero-order valence-electron chi connectivity index (χ0n) is 6.24. The molecule has 0 aromatic heterocycles. The summed E-state index contributed by atoms with van der Waals surface area (Å²) in [5.41, 5.74) is 1.12. The van der Waals surface area contributed by atoms with Crippen LogP contribution in [0.1, 0.15) is 5.56 Å². The molecular formula is C9H8I2O. The average molecular weight is 386 g/mol. The fraction of sp³-hybridized carbons (Fsp3) is 0.111. The molecule has 0 spiro atoms. The Morgan fingerprint density at radius 1 is 1.33 bits per heavy atom. The van der Waals surface area contributed by atoms with E-state index in [1.165, 1.54) is 0 Å². The van der Waals surface area contributed by atoms with Crippen molar-refractivity contribution in [1.82, 2.24) is 0 Å². The van der Waals surface area contributed by atoms with Crippen molar-refractivity contribution in [3.8, 4) is 0 Å². The SMILES string of the molecule is OC(I)/C(I)=C/c1ccccc1. The minimum absolute atomic E-state index is 0.400. The van der Waals surface area contributed by atoms with Gasteiger partial charge in [0.1, 0.15) is 4.11 Å². The molecule has 1 nitrogen and oxygen atoms in total. The molecule has 1 rings (SSSR count). The van der Waals surface area contributed by atoms with Crippen LogP contribution in [0.3, 0.4) is 0 Å². The zero-order chi connectivity index (χ0) is 8.97. The summed E-state index contributed by atoms with van der Waals surface area (Å²) in [5.74, 6) is 0. The van der Waals surface area contributed by atoms with Crippen molar-refractivity contribution in [1.29, 1.82) is 0 Å². The number of rotatable bonds is 2. The summed E-state index contributed by atoms with van der Waals surface area (Å²) in [6.45, 7) is 0. The van der Waals surface area contributed by atoms with Gasteiger partial charge in [0, 0.05) is 3.58 Å². The normalized spacial score (nSPS) is 14.4. The fourth-order valence-corrected chi connectivity index (χ4v) is 1.32. The van der Waals surface area contributed by atoms with Crippen LogP contribution in [0, 0.1) is 0 Å². The lowest BCUT2D eigenvalue weighted by Crippen LogP contribution is -1.92. The van der Waals surface area contributed by atoms with Gasteiger partial charge < -0.3 is 5.11 Å². The number of alkyl halides is 1. The molecule has 0 bridgehead atoms. The van der Waals surface area contributed by atoms with Gasteiger partial charge in [0.2, 0.25) is 0 Å². The molecule has 3 heteroatoms. The van der Waals surface area contributed by atoms with E-state index in [0.29, 0.717) is 0 Å². The highest BCUT2D eigenvalue weighted by molar-refractivity contribution is 14.1. The Kier molecular flexibility index (Phi) is 4.52. The minimum Gasteiger partial charge on any atom is -0.378 e. The lowest BCUT2D eigenvalue weighted by atomic mass is 10.2. The first-order chi connectivity index (χ1) is 5.70. The van der Waals surface area contributed by atoms with Gasteiger partial charge >= 0.3 is 0 Å². The first kappa shape index (κ1) is 10.5. The van der Waals surface area contributed by atoms with Crippen molar-refractivity contribution in [2.45, 2.75) is 4.11 Å². The van der Waals surface area contributed by atoms with Crippen LogP contribution < -0.4 is 0 Å². The molecule has 0 aliphatic carbocycles. The van der Waals surface area contributed by atoms with Gasteiger partial charge in [0.15, 0.2) is 0 Å². The second-order valence-corrected chi connectivity index (χ2v) is 4.70. The number of aliphatic hydroxyl groups excluding tert-OH is 1. The first-order valence-electron chi connectivity index (χ1n) is 3.44. The second-order valence-electron chi connectivity index (χ2n) is 2.28. The summed E-state index contributed by atoms with van der Waals surface area (Å²) in [7, 11) is 0. The number of benzene rings is 1. The van der Waals surface area contributed by atoms with Gasteiger partial charge in [-0.3, -0.25) is 0 Å². The maximum Gasteiger partial charge on any atom is 0.136 e. The second kappa shape index (κ2) is 5.18. The summed E-state index contributed by atoms with van der Waals surface area (Å²) in [6, 6.07) is 9.96. The molecule has 0 radical (unpaired) electrons. The molecule has 0 heterocycles. The van der Waals surface area contributed by atoms with Crippen molar-refractivity contribution in [2.75, 3.05) is 0 Å². The largest absolute Gasteiger partial charge is 0.378 e. The molecule has 0 saturated carbocycles. The van der Waals surface area contributed by atoms with Crippen molar-refractivity contribution >= 4 is 51.3 Å². The third kappa shape index (κ3) is 3.40. The van der Waals surface area contributed by atoms with Crippen molar-refractivity contribution in [2.24, 2.45) is 0 Å². The van der Waals surface area contributed by atoms with Gasteiger partial charge in [-0.25, -0.2) is 0 Å². The molecule has 1 unspecified atom stereocenters. The van der Waals surface area contributed by atoms with Gasteiger partial charge in [-0.1, -0.05) is 30.3 Å². The zero-order valence-corrected chi connectivity index (χ0v) is 10.6. The Bertz CT molecular complexity index is 267. The molecule has 0 aliphatic heterocycles. The van der Waals surface area contributed by atoms with Gasteiger partial charge in [-0.15, -0.1) is 0 Å². The smallest absolute Gasteiger partial charge is 0.136 e. The lowest BCUT2D eigenvalue weighted by Gasteiger charge is -1.99. The van der Waals surface area contributed by atoms with Crippen LogP contribution in [-0.4, -0.2) is 9.22 Å². The lowest BCUT2D eigenvalue weighted by molar-refractivity contribution is 0.324. The predicted molar refractivity (Wildman–Crippen MR) is 68.5 cm³/mol. The Morgan fingerprint density at radius 3 is 2.42 bits per heavy atom. The third-order valence-corrected chi connectivity index (χ3v) is 4.10. The van der Waals surface area contributed by atoms with Gasteiger partial charge in [0.25, 0.3) is 0 Å². The van der Waals surface area contributed by atoms with Crippen LogP contribution in [-0.2, 0) is 0 Å². The number of aliphatic hydroxyl groups is 1. The number of halogens is 2. The van der Waals surface area contributed by atoms with Crippen LogP contribution in [0.15, 0.2) is 33.9 Å². The highest BCUT2D eigenvalue weighted by Gasteiger charge is 2.00. The Morgan fingerprint density at radius 2 is 1.92 bits per heavy atom. The van der Waals surface area contributed by atoms with E-state index in [-0.39, 0.29) is 0 Å². The molecule has 0 amide bonds. The monoisotopic (exact) mass is 386 g/mol. The summed E-state index contributed by atoms with van der Waals surface area (Å²) in [6.07, 6.45) is 1.97. The fourth-order valence-electron chi connectivity index (χ4n) is 0.777. The highest BCUT2D eigenvalue weighted by atomic mass is 127. The van der Waals surface area contributed by atoms with Crippen molar-refractivity contribution in [3.63, 3.8) is 0 Å². The van der Waals surface area contributed by atoms with E-state index in [2.05, 4.69) is 22.6 Å². The van der Waals surface area contributed by atoms with Crippen molar-refractivity contribution in [3.05, 3.63) is 39.5 Å². The maximum absolute atomic E-state index is 9.19. The van der Waals surface area contributed by atoms with E-state index in [1.54, 1.807) is 0 Å². The Labute approximate surface area is 99.2 Å². The van der Waals surface area contributed by atoms with Crippen LogP contribution in [0.2, 0.25) is 0 Å². The van der Waals surface area contributed by atoms with E-state index in [4.69, 9.17) is 0 Å². The topological polar surface area (TPSA) is 20.2 Å². The molecule has 0 fully saturated rings. The van der Waals surface area contributed by atoms with Gasteiger partial charge in [-0.05, 0) is 56.8 Å². The summed E-state index contributed by atoms with van der Waals surface area (Å²) in [4.78, 5) is 0. The van der Waals surface area contributed by atoms with Crippen LogP contribution in [0.4, 0.5) is 0 Å². The highest BCUT2D eigenvalue weighted by Crippen LogP contribution is 2.20. The number of hydrogen-bond donors (Lipinski definition) is 1. The van der Waals surface area contributed by atoms with Gasteiger partial charge in [-0.2, -0.15) is 0 Å². The minimum atomic E-state index is -0.400. The standard InChI is InChI=1S/C9H8I2O/c10-8(9(11)12)6-7-4-2-1-3-5-7/h1-6,9,12H/b8-6-. The molecule has 1 atom stereocenters. The van der Waals surface area contributed by atoms with E-state index in [1.807, 2.05) is 59.0 Å². The Hall–Kier alpha value is 0.380. The molecular weight excluding hydrogens is 378 g/mol. The van der Waals surface area contributed by atoms with E-state index >= 15 is 0 Å². The molecule has 12 heavy (non-hydrogen) atoms. The Balaban J connectivity index is 2.81. The molecule has 1 N–H and O–H groups in total. The molecule has 1 aromatic rings. The quantitative estimate of drug-likeness (QED) is 0.612. The van der Waals surface area contributed by atoms with Crippen LogP contribution >= 0.6 is 45.2 Å². The molecule has 64 valence electrons. The summed E-state index contributed by atoms with van der Waals surface area (Å²) < 4.78 is 0.544. The van der Waals surface area contributed by atoms with Gasteiger partial charge in [0.05, 0.1) is 0 Å². The maximum atomic E-state index is 9.19. The summed E-state index contributed by atoms with van der Waals surface area (Å²) >= 11 is 4.11. The van der Waals surface area contributed by atoms with Crippen LogP contribution in [0.25, 0.3) is 6.08 Å². The van der Waals surface area contributed by atoms with E-state index in [0.717, 1.165) is 9.14 Å². The molecule has 1 aromatic carbocycles. The average Bonchev–Trinajstić information content (AvgIpc) is 2.06. The first-order valence-corrected chi connectivity index (χ1v) is 5.77. The summed E-state index contributed by atoms with van der Waals surface area (Å²) in [5, 5.41) is 9.19. The number of hydrogen-bond acceptors (Lipinski definition) is 1. The molecule has 0 saturated heterocycles. The molecule has 0 aliphatic rings.